The number of allylic oxidation sites excluding steroid dienone is 1. The molecule has 0 bridgehead atoms. The van der Waals surface area contributed by atoms with Gasteiger partial charge in [0.05, 0.1) is 5.56 Å². The highest BCUT2D eigenvalue weighted by Gasteiger charge is 2.43. The third-order valence-electron chi connectivity index (χ3n) is 7.26. The molecule has 0 amide bonds. The fourth-order valence-corrected chi connectivity index (χ4v) is 7.47. The SMILES string of the molecule is Cc1cc(C)c2c(n1)S(=O)(=O)N(CCCN1CCN(c3cccc(Cl)c3)CC1)C(=C(O)c1ccc(Br)cc1)C2=O. The minimum Gasteiger partial charge on any atom is -0.505 e. The van der Waals surface area contributed by atoms with Gasteiger partial charge in [0.1, 0.15) is 5.70 Å². The van der Waals surface area contributed by atoms with Crippen LogP contribution < -0.4 is 4.90 Å². The number of benzene rings is 2. The van der Waals surface area contributed by atoms with Crippen LogP contribution in [0.1, 0.15) is 33.6 Å². The summed E-state index contributed by atoms with van der Waals surface area (Å²) in [5.41, 5.74) is 2.22. The molecule has 40 heavy (non-hydrogen) atoms. The van der Waals surface area contributed by atoms with Crippen molar-refractivity contribution in [2.24, 2.45) is 0 Å². The fourth-order valence-electron chi connectivity index (χ4n) is 5.26. The molecular weight excluding hydrogens is 616 g/mol. The zero-order chi connectivity index (χ0) is 28.6. The maximum atomic E-state index is 13.9. The van der Waals surface area contributed by atoms with Crippen LogP contribution in [0.3, 0.4) is 0 Å². The van der Waals surface area contributed by atoms with Gasteiger partial charge >= 0.3 is 0 Å². The van der Waals surface area contributed by atoms with E-state index in [-0.39, 0.29) is 28.6 Å². The molecule has 0 aliphatic carbocycles. The Kier molecular flexibility index (Phi) is 8.24. The first-order chi connectivity index (χ1) is 19.1. The molecule has 3 aromatic rings. The van der Waals surface area contributed by atoms with Crippen LogP contribution in [0.2, 0.25) is 5.02 Å². The summed E-state index contributed by atoms with van der Waals surface area (Å²) in [6.07, 6.45) is 0.473. The number of piperazine rings is 1. The summed E-state index contributed by atoms with van der Waals surface area (Å²) < 4.78 is 29.6. The lowest BCUT2D eigenvalue weighted by atomic mass is 10.0. The molecule has 1 N–H and O–H groups in total. The van der Waals surface area contributed by atoms with Crippen molar-refractivity contribution in [3.8, 4) is 0 Å². The Balaban J connectivity index is 1.39. The number of halogens is 2. The van der Waals surface area contributed by atoms with Gasteiger partial charge in [0.2, 0.25) is 5.78 Å². The minimum absolute atomic E-state index is 0.0117. The van der Waals surface area contributed by atoms with E-state index < -0.39 is 15.8 Å². The molecule has 2 aromatic carbocycles. The standard InChI is InChI=1S/C29H30BrClN4O4S/c1-19-17-20(2)32-29-25(19)28(37)26(27(36)21-7-9-22(30)10-8-21)35(40(29,38)39)12-4-11-33-13-15-34(16-14-33)24-6-3-5-23(31)18-24/h3,5-10,17-18,36H,4,11-16H2,1-2H3. The summed E-state index contributed by atoms with van der Waals surface area (Å²) in [4.78, 5) is 22.6. The number of sulfonamides is 1. The van der Waals surface area contributed by atoms with Gasteiger partial charge in [0.25, 0.3) is 10.0 Å². The number of ketones is 1. The number of aromatic nitrogens is 1. The predicted molar refractivity (Wildman–Crippen MR) is 160 cm³/mol. The lowest BCUT2D eigenvalue weighted by molar-refractivity contribution is 0.0995. The maximum Gasteiger partial charge on any atom is 0.282 e. The van der Waals surface area contributed by atoms with Crippen LogP contribution in [-0.2, 0) is 10.0 Å². The Bertz CT molecular complexity index is 1590. The summed E-state index contributed by atoms with van der Waals surface area (Å²) in [5.74, 6) is -0.924. The molecule has 210 valence electrons. The van der Waals surface area contributed by atoms with E-state index in [1.165, 1.54) is 0 Å². The second kappa shape index (κ2) is 11.5. The third-order valence-corrected chi connectivity index (χ3v) is 9.75. The van der Waals surface area contributed by atoms with E-state index >= 15 is 0 Å². The molecule has 1 saturated heterocycles. The van der Waals surface area contributed by atoms with Gasteiger partial charge in [-0.3, -0.25) is 14.0 Å². The monoisotopic (exact) mass is 644 g/mol. The second-order valence-corrected chi connectivity index (χ2v) is 13.2. The largest absolute Gasteiger partial charge is 0.505 e. The van der Waals surface area contributed by atoms with Crippen molar-refractivity contribution in [2.45, 2.75) is 25.3 Å². The third kappa shape index (κ3) is 5.63. The molecule has 0 radical (unpaired) electrons. The number of fused-ring (bicyclic) bond motifs is 1. The van der Waals surface area contributed by atoms with Crippen LogP contribution in [-0.4, -0.2) is 72.8 Å². The highest BCUT2D eigenvalue weighted by atomic mass is 79.9. The molecule has 3 heterocycles. The molecule has 2 aliphatic rings. The molecule has 0 saturated carbocycles. The van der Waals surface area contributed by atoms with Gasteiger partial charge in [0.15, 0.2) is 10.8 Å². The number of carbonyl (C=O) groups is 1. The Hall–Kier alpha value is -2.92. The van der Waals surface area contributed by atoms with Gasteiger partial charge in [-0.1, -0.05) is 45.7 Å². The Labute approximate surface area is 248 Å². The van der Waals surface area contributed by atoms with Gasteiger partial charge < -0.3 is 10.0 Å². The second-order valence-electron chi connectivity index (χ2n) is 10.0. The van der Waals surface area contributed by atoms with E-state index in [4.69, 9.17) is 11.6 Å². The Morgan fingerprint density at radius 2 is 1.73 bits per heavy atom. The lowest BCUT2D eigenvalue weighted by Crippen LogP contribution is -2.47. The summed E-state index contributed by atoms with van der Waals surface area (Å²) >= 11 is 9.52. The van der Waals surface area contributed by atoms with E-state index in [9.17, 15) is 18.3 Å². The fraction of sp³-hybridized carbons (Fsp3) is 0.310. The topological polar surface area (TPSA) is 94.1 Å². The molecule has 11 heteroatoms. The Morgan fingerprint density at radius 1 is 1.02 bits per heavy atom. The van der Waals surface area contributed by atoms with E-state index in [0.717, 1.165) is 40.6 Å². The van der Waals surface area contributed by atoms with Gasteiger partial charge in [-0.25, -0.2) is 4.98 Å². The molecule has 0 unspecified atom stereocenters. The van der Waals surface area contributed by atoms with Crippen LogP contribution >= 0.6 is 27.5 Å². The summed E-state index contributed by atoms with van der Waals surface area (Å²) in [6, 6.07) is 16.2. The van der Waals surface area contributed by atoms with Gasteiger partial charge in [-0.2, -0.15) is 8.42 Å². The van der Waals surface area contributed by atoms with Crippen LogP contribution in [0.5, 0.6) is 0 Å². The predicted octanol–water partition coefficient (Wildman–Crippen LogP) is 5.44. The van der Waals surface area contributed by atoms with Crippen LogP contribution in [0.4, 0.5) is 5.69 Å². The molecule has 8 nitrogen and oxygen atoms in total. The molecule has 2 aliphatic heterocycles. The first-order valence-corrected chi connectivity index (χ1v) is 15.6. The number of nitrogens with zero attached hydrogens (tertiary/aromatic N) is 4. The zero-order valence-electron chi connectivity index (χ0n) is 22.3. The van der Waals surface area contributed by atoms with Gasteiger partial charge in [-0.15, -0.1) is 0 Å². The van der Waals surface area contributed by atoms with Crippen molar-refractivity contribution >= 4 is 54.8 Å². The quantitative estimate of drug-likeness (QED) is 0.282. The number of rotatable bonds is 6. The highest BCUT2D eigenvalue weighted by molar-refractivity contribution is 9.10. The number of hydrogen-bond acceptors (Lipinski definition) is 7. The van der Waals surface area contributed by atoms with Crippen LogP contribution in [0, 0.1) is 13.8 Å². The van der Waals surface area contributed by atoms with E-state index in [1.807, 2.05) is 24.3 Å². The average Bonchev–Trinajstić information content (AvgIpc) is 2.92. The number of hydrogen-bond donors (Lipinski definition) is 1. The first kappa shape index (κ1) is 28.6. The molecule has 1 aromatic heterocycles. The van der Waals surface area contributed by atoms with Crippen molar-refractivity contribution in [1.29, 1.82) is 0 Å². The zero-order valence-corrected chi connectivity index (χ0v) is 25.4. The summed E-state index contributed by atoms with van der Waals surface area (Å²) in [6.45, 7) is 7.34. The number of aliphatic hydroxyl groups excluding tert-OH is 1. The number of aryl methyl sites for hydroxylation is 2. The smallest absolute Gasteiger partial charge is 0.282 e. The van der Waals surface area contributed by atoms with Crippen molar-refractivity contribution in [3.05, 3.63) is 92.2 Å². The normalized spacial score (nSPS) is 18.6. The lowest BCUT2D eigenvalue weighted by Gasteiger charge is -2.37. The molecule has 5 rings (SSSR count). The van der Waals surface area contributed by atoms with Crippen molar-refractivity contribution in [1.82, 2.24) is 14.2 Å². The van der Waals surface area contributed by atoms with Crippen molar-refractivity contribution in [3.63, 3.8) is 0 Å². The van der Waals surface area contributed by atoms with Gasteiger partial charge in [-0.05, 0) is 62.2 Å². The number of Topliss-reactive ketones (excluding diaryl/α,β-unsaturated/α-hetero) is 1. The number of anilines is 1. The van der Waals surface area contributed by atoms with Crippen LogP contribution in [0.25, 0.3) is 5.76 Å². The number of carbonyl (C=O) groups excluding carboxylic acids is 1. The molecular formula is C29H30BrClN4O4S. The number of aliphatic hydroxyl groups is 1. The molecule has 0 atom stereocenters. The Morgan fingerprint density at radius 3 is 2.40 bits per heavy atom. The van der Waals surface area contributed by atoms with Crippen molar-refractivity contribution in [2.75, 3.05) is 44.2 Å². The maximum absolute atomic E-state index is 13.9. The van der Waals surface area contributed by atoms with Gasteiger partial charge in [0, 0.05) is 65.7 Å². The van der Waals surface area contributed by atoms with E-state index in [2.05, 4.69) is 30.7 Å². The molecule has 1 fully saturated rings. The number of pyridine rings is 1. The first-order valence-electron chi connectivity index (χ1n) is 13.0. The summed E-state index contributed by atoms with van der Waals surface area (Å²) in [5, 5.41) is 11.7. The van der Waals surface area contributed by atoms with E-state index in [1.54, 1.807) is 44.2 Å². The summed E-state index contributed by atoms with van der Waals surface area (Å²) in [7, 11) is -4.19. The average molecular weight is 646 g/mol. The van der Waals surface area contributed by atoms with E-state index in [0.29, 0.717) is 34.8 Å². The van der Waals surface area contributed by atoms with Crippen LogP contribution in [0.15, 0.2) is 69.8 Å². The highest BCUT2D eigenvalue weighted by Crippen LogP contribution is 2.36. The minimum atomic E-state index is -4.19. The molecule has 0 spiro atoms. The van der Waals surface area contributed by atoms with Crippen molar-refractivity contribution < 1.29 is 18.3 Å².